The van der Waals surface area contributed by atoms with Crippen molar-refractivity contribution in [1.29, 1.82) is 0 Å². The first-order chi connectivity index (χ1) is 11.3. The van der Waals surface area contributed by atoms with Crippen LogP contribution >= 0.6 is 0 Å². The number of hydrogen-bond donors (Lipinski definition) is 0. The number of nitrogens with zero attached hydrogens (tertiary/aromatic N) is 2. The van der Waals surface area contributed by atoms with E-state index in [2.05, 4.69) is 0 Å². The van der Waals surface area contributed by atoms with Crippen LogP contribution < -0.4 is 4.74 Å². The molecule has 1 aromatic carbocycles. The predicted octanol–water partition coefficient (Wildman–Crippen LogP) is 2.06. The van der Waals surface area contributed by atoms with Crippen LogP contribution in [0.5, 0.6) is 5.75 Å². The molecule has 0 aliphatic carbocycles. The number of para-hydroxylation sites is 1. The molecule has 2 amide bonds. The molecule has 0 bridgehead atoms. The molecule has 1 aromatic rings. The molecule has 2 aliphatic rings. The van der Waals surface area contributed by atoms with Gasteiger partial charge >= 0.3 is 0 Å². The van der Waals surface area contributed by atoms with E-state index in [1.807, 2.05) is 20.8 Å². The number of carbonyl (C=O) groups is 2. The lowest BCUT2D eigenvalue weighted by molar-refractivity contribution is -0.144. The quantitative estimate of drug-likeness (QED) is 0.850. The molecule has 130 valence electrons. The molecule has 2 saturated heterocycles. The lowest BCUT2D eigenvalue weighted by Crippen LogP contribution is -2.58. The monoisotopic (exact) mass is 334 g/mol. The smallest absolute Gasteiger partial charge is 0.228 e. The molecule has 5 nitrogen and oxygen atoms in total. The second-order valence-electron chi connectivity index (χ2n) is 7.49. The highest BCUT2D eigenvalue weighted by molar-refractivity contribution is 5.90. The zero-order valence-electron chi connectivity index (χ0n) is 14.3. The second kappa shape index (κ2) is 6.07. The highest BCUT2D eigenvalue weighted by Crippen LogP contribution is 2.29. The zero-order chi connectivity index (χ0) is 17.5. The Morgan fingerprint density at radius 3 is 2.46 bits per heavy atom. The molecule has 6 heteroatoms. The molecular formula is C18H23FN2O3. The Hall–Kier alpha value is -2.11. The maximum atomic E-state index is 13.6. The Kier molecular flexibility index (Phi) is 4.24. The summed E-state index contributed by atoms with van der Waals surface area (Å²) >= 11 is 0. The van der Waals surface area contributed by atoms with Crippen LogP contribution in [0.3, 0.4) is 0 Å². The molecule has 2 aliphatic heterocycles. The Balaban J connectivity index is 1.52. The van der Waals surface area contributed by atoms with Crippen LogP contribution in [0.15, 0.2) is 24.3 Å². The summed E-state index contributed by atoms with van der Waals surface area (Å²) in [6.45, 7) is 7.26. The van der Waals surface area contributed by atoms with Crippen molar-refractivity contribution in [2.75, 3.05) is 19.6 Å². The zero-order valence-corrected chi connectivity index (χ0v) is 14.3. The van der Waals surface area contributed by atoms with Gasteiger partial charge in [-0.1, -0.05) is 12.1 Å². The molecule has 0 spiro atoms. The minimum atomic E-state index is -0.399. The van der Waals surface area contributed by atoms with Gasteiger partial charge in [0.15, 0.2) is 11.6 Å². The molecule has 3 rings (SSSR count). The number of likely N-dealkylation sites (tertiary alicyclic amines) is 2. The normalized spacial score (nSPS) is 21.8. The average Bonchev–Trinajstić information content (AvgIpc) is 2.85. The minimum absolute atomic E-state index is 0.0107. The summed E-state index contributed by atoms with van der Waals surface area (Å²) in [5, 5.41) is 0. The average molecular weight is 334 g/mol. The summed E-state index contributed by atoms with van der Waals surface area (Å²) in [5.74, 6) is -0.454. The molecule has 24 heavy (non-hydrogen) atoms. The third-order valence-corrected chi connectivity index (χ3v) is 4.57. The van der Waals surface area contributed by atoms with Crippen LogP contribution in [-0.4, -0.2) is 52.9 Å². The fraction of sp³-hybridized carbons (Fsp3) is 0.556. The fourth-order valence-electron chi connectivity index (χ4n) is 3.19. The number of halogens is 1. The van der Waals surface area contributed by atoms with Crippen molar-refractivity contribution in [3.8, 4) is 5.75 Å². The summed E-state index contributed by atoms with van der Waals surface area (Å²) in [4.78, 5) is 28.1. The third-order valence-electron chi connectivity index (χ3n) is 4.57. The summed E-state index contributed by atoms with van der Waals surface area (Å²) < 4.78 is 19.1. The number of ether oxygens (including phenoxy) is 1. The number of rotatable bonds is 3. The van der Waals surface area contributed by atoms with Gasteiger partial charge in [-0.05, 0) is 32.9 Å². The van der Waals surface area contributed by atoms with Gasteiger partial charge in [-0.3, -0.25) is 9.59 Å². The predicted molar refractivity (Wildman–Crippen MR) is 87.0 cm³/mol. The standard InChI is InChI=1S/C18H23FN2O3/c1-18(2,3)21-9-12(8-16(21)22)17(23)20-10-13(11-20)24-15-7-5-4-6-14(15)19/h4-7,12-13H,8-11H2,1-3H3/t12-/m0/s1. The summed E-state index contributed by atoms with van der Waals surface area (Å²) in [6, 6.07) is 6.25. The van der Waals surface area contributed by atoms with Gasteiger partial charge in [0.1, 0.15) is 6.10 Å². The lowest BCUT2D eigenvalue weighted by Gasteiger charge is -2.40. The Morgan fingerprint density at radius 2 is 1.88 bits per heavy atom. The number of amides is 2. The highest BCUT2D eigenvalue weighted by atomic mass is 19.1. The lowest BCUT2D eigenvalue weighted by atomic mass is 10.0. The molecule has 0 aromatic heterocycles. The van der Waals surface area contributed by atoms with E-state index in [-0.39, 0.29) is 41.5 Å². The van der Waals surface area contributed by atoms with Crippen LogP contribution in [0.25, 0.3) is 0 Å². The fourth-order valence-corrected chi connectivity index (χ4v) is 3.19. The van der Waals surface area contributed by atoms with Gasteiger partial charge in [0.05, 0.1) is 19.0 Å². The first-order valence-corrected chi connectivity index (χ1v) is 8.26. The van der Waals surface area contributed by atoms with Gasteiger partial charge in [-0.25, -0.2) is 4.39 Å². The first-order valence-electron chi connectivity index (χ1n) is 8.26. The Morgan fingerprint density at radius 1 is 1.21 bits per heavy atom. The van der Waals surface area contributed by atoms with E-state index in [9.17, 15) is 14.0 Å². The maximum Gasteiger partial charge on any atom is 0.228 e. The van der Waals surface area contributed by atoms with Crippen molar-refractivity contribution in [2.24, 2.45) is 5.92 Å². The molecule has 2 fully saturated rings. The van der Waals surface area contributed by atoms with Crippen molar-refractivity contribution in [1.82, 2.24) is 9.80 Å². The van der Waals surface area contributed by atoms with Crippen LogP contribution in [-0.2, 0) is 9.59 Å². The van der Waals surface area contributed by atoms with Crippen LogP contribution in [0.1, 0.15) is 27.2 Å². The van der Waals surface area contributed by atoms with E-state index in [0.717, 1.165) is 0 Å². The molecule has 0 N–H and O–H groups in total. The number of benzene rings is 1. The van der Waals surface area contributed by atoms with Crippen molar-refractivity contribution in [2.45, 2.75) is 38.8 Å². The number of carbonyl (C=O) groups excluding carboxylic acids is 2. The number of hydrogen-bond acceptors (Lipinski definition) is 3. The van der Waals surface area contributed by atoms with Crippen LogP contribution in [0.4, 0.5) is 4.39 Å². The van der Waals surface area contributed by atoms with Crippen molar-refractivity contribution < 1.29 is 18.7 Å². The first kappa shape index (κ1) is 16.7. The van der Waals surface area contributed by atoms with E-state index in [4.69, 9.17) is 4.74 Å². The largest absolute Gasteiger partial charge is 0.484 e. The molecule has 0 radical (unpaired) electrons. The minimum Gasteiger partial charge on any atom is -0.484 e. The van der Waals surface area contributed by atoms with Gasteiger partial charge in [-0.15, -0.1) is 0 Å². The van der Waals surface area contributed by atoms with E-state index in [1.54, 1.807) is 28.0 Å². The maximum absolute atomic E-state index is 13.6. The Labute approximate surface area is 141 Å². The van der Waals surface area contributed by atoms with Gasteiger partial charge in [0.25, 0.3) is 0 Å². The third kappa shape index (κ3) is 3.23. The van der Waals surface area contributed by atoms with Crippen molar-refractivity contribution in [3.63, 3.8) is 0 Å². The SMILES string of the molecule is CC(C)(C)N1C[C@@H](C(=O)N2CC(Oc3ccccc3F)C2)CC1=O. The van der Waals surface area contributed by atoms with Gasteiger partial charge in [0, 0.05) is 18.5 Å². The molecule has 0 saturated carbocycles. The van der Waals surface area contributed by atoms with Crippen molar-refractivity contribution >= 4 is 11.8 Å². The van der Waals surface area contributed by atoms with Crippen LogP contribution in [0.2, 0.25) is 0 Å². The summed E-state index contributed by atoms with van der Waals surface area (Å²) in [5.41, 5.74) is -0.266. The molecular weight excluding hydrogens is 311 g/mol. The molecule has 0 unspecified atom stereocenters. The topological polar surface area (TPSA) is 49.9 Å². The van der Waals surface area contributed by atoms with E-state index in [1.165, 1.54) is 6.07 Å². The van der Waals surface area contributed by atoms with Crippen molar-refractivity contribution in [3.05, 3.63) is 30.1 Å². The van der Waals surface area contributed by atoms with Gasteiger partial charge in [0.2, 0.25) is 11.8 Å². The van der Waals surface area contributed by atoms with E-state index < -0.39 is 5.82 Å². The Bertz CT molecular complexity index is 650. The molecule has 1 atom stereocenters. The summed E-state index contributed by atoms with van der Waals surface area (Å²) in [6.07, 6.45) is 0.0764. The van der Waals surface area contributed by atoms with Gasteiger partial charge < -0.3 is 14.5 Å². The van der Waals surface area contributed by atoms with Crippen LogP contribution in [0, 0.1) is 11.7 Å². The second-order valence-corrected chi connectivity index (χ2v) is 7.49. The van der Waals surface area contributed by atoms with E-state index in [0.29, 0.717) is 19.6 Å². The molecule has 2 heterocycles. The van der Waals surface area contributed by atoms with Gasteiger partial charge in [-0.2, -0.15) is 0 Å². The van der Waals surface area contributed by atoms with E-state index >= 15 is 0 Å². The highest BCUT2D eigenvalue weighted by Gasteiger charge is 2.43. The summed E-state index contributed by atoms with van der Waals surface area (Å²) in [7, 11) is 0.